The monoisotopic (exact) mass is 240 g/mol. The Bertz CT molecular complexity index is 404. The van der Waals surface area contributed by atoms with Crippen molar-refractivity contribution in [1.82, 2.24) is 15.5 Å². The number of carbonyl (C=O) groups excluding carboxylic acids is 1. The minimum atomic E-state index is -0.618. The largest absolute Gasteiger partial charge is 0.444 e. The molecule has 96 valence electrons. The van der Waals surface area contributed by atoms with Crippen molar-refractivity contribution in [3.05, 3.63) is 11.8 Å². The zero-order chi connectivity index (χ0) is 13.3. The maximum atomic E-state index is 11.7. The van der Waals surface area contributed by atoms with Gasteiger partial charge in [0.1, 0.15) is 11.4 Å². The lowest BCUT2D eigenvalue weighted by atomic mass is 10.0. The van der Waals surface area contributed by atoms with E-state index in [9.17, 15) is 4.79 Å². The van der Waals surface area contributed by atoms with Crippen LogP contribution in [0.4, 0.5) is 10.6 Å². The summed E-state index contributed by atoms with van der Waals surface area (Å²) in [6.45, 7) is 9.11. The average molecular weight is 240 g/mol. The van der Waals surface area contributed by atoms with Crippen molar-refractivity contribution in [3.63, 3.8) is 0 Å². The van der Waals surface area contributed by atoms with E-state index in [2.05, 4.69) is 15.5 Å². The van der Waals surface area contributed by atoms with Gasteiger partial charge in [0.2, 0.25) is 0 Å². The number of ether oxygens (including phenoxy) is 1. The van der Waals surface area contributed by atoms with Crippen molar-refractivity contribution < 1.29 is 9.53 Å². The molecule has 6 heteroatoms. The second-order valence-corrected chi connectivity index (χ2v) is 5.46. The highest BCUT2D eigenvalue weighted by molar-refractivity contribution is 5.69. The van der Waals surface area contributed by atoms with Crippen LogP contribution in [0.2, 0.25) is 0 Å². The van der Waals surface area contributed by atoms with Gasteiger partial charge in [0.15, 0.2) is 0 Å². The molecule has 0 aromatic carbocycles. The zero-order valence-corrected chi connectivity index (χ0v) is 10.9. The number of alkyl carbamates (subject to hydrolysis) is 1. The van der Waals surface area contributed by atoms with E-state index in [0.717, 1.165) is 5.69 Å². The average Bonchev–Trinajstić information content (AvgIpc) is 2.46. The highest BCUT2D eigenvalue weighted by Crippen LogP contribution is 2.20. The van der Waals surface area contributed by atoms with Crippen LogP contribution in [0, 0.1) is 0 Å². The van der Waals surface area contributed by atoms with Gasteiger partial charge < -0.3 is 15.8 Å². The molecule has 0 unspecified atom stereocenters. The second kappa shape index (κ2) is 4.27. The molecule has 0 radical (unpaired) electrons. The molecular formula is C11H20N4O2. The molecule has 17 heavy (non-hydrogen) atoms. The Morgan fingerprint density at radius 1 is 1.41 bits per heavy atom. The summed E-state index contributed by atoms with van der Waals surface area (Å²) in [4.78, 5) is 11.7. The number of aromatic nitrogens is 2. The Morgan fingerprint density at radius 3 is 2.41 bits per heavy atom. The van der Waals surface area contributed by atoms with Gasteiger partial charge in [-0.1, -0.05) is 0 Å². The Hall–Kier alpha value is -1.72. The van der Waals surface area contributed by atoms with E-state index in [-0.39, 0.29) is 0 Å². The first-order valence-corrected chi connectivity index (χ1v) is 5.43. The third-order valence-corrected chi connectivity index (χ3v) is 2.08. The van der Waals surface area contributed by atoms with Gasteiger partial charge in [-0.25, -0.2) is 4.79 Å². The van der Waals surface area contributed by atoms with Crippen LogP contribution in [0.3, 0.4) is 0 Å². The van der Waals surface area contributed by atoms with Crippen LogP contribution in [0.1, 0.15) is 40.3 Å². The summed E-state index contributed by atoms with van der Waals surface area (Å²) in [6, 6.07) is 1.68. The number of anilines is 1. The van der Waals surface area contributed by atoms with E-state index in [0.29, 0.717) is 5.82 Å². The van der Waals surface area contributed by atoms with Gasteiger partial charge in [0.05, 0.1) is 11.2 Å². The zero-order valence-electron chi connectivity index (χ0n) is 10.9. The van der Waals surface area contributed by atoms with E-state index >= 15 is 0 Å². The Morgan fingerprint density at radius 2 is 2.00 bits per heavy atom. The molecule has 1 rings (SSSR count). The van der Waals surface area contributed by atoms with E-state index in [1.54, 1.807) is 6.07 Å². The molecule has 1 heterocycles. The summed E-state index contributed by atoms with van der Waals surface area (Å²) >= 11 is 0. The van der Waals surface area contributed by atoms with Crippen LogP contribution in [0.25, 0.3) is 0 Å². The molecule has 0 saturated carbocycles. The minimum absolute atomic E-state index is 0.388. The number of nitrogens with zero attached hydrogens (tertiary/aromatic N) is 1. The highest BCUT2D eigenvalue weighted by Gasteiger charge is 2.27. The summed E-state index contributed by atoms with van der Waals surface area (Å²) in [7, 11) is 0. The Kier molecular flexibility index (Phi) is 3.35. The molecule has 0 spiro atoms. The number of H-pyrrole nitrogens is 1. The molecule has 1 aromatic heterocycles. The summed E-state index contributed by atoms with van der Waals surface area (Å²) in [5.41, 5.74) is 5.11. The number of rotatable bonds is 2. The first-order valence-electron chi connectivity index (χ1n) is 5.43. The molecule has 0 aliphatic heterocycles. The predicted octanol–water partition coefficient (Wildman–Crippen LogP) is 1.75. The van der Waals surface area contributed by atoms with Gasteiger partial charge in [-0.15, -0.1) is 0 Å². The van der Waals surface area contributed by atoms with Gasteiger partial charge in [-0.3, -0.25) is 5.10 Å². The lowest BCUT2D eigenvalue weighted by molar-refractivity contribution is 0.0468. The van der Waals surface area contributed by atoms with Crippen LogP contribution >= 0.6 is 0 Å². The van der Waals surface area contributed by atoms with Crippen LogP contribution in [0.5, 0.6) is 0 Å². The normalized spacial score (nSPS) is 12.3. The number of nitrogen functional groups attached to an aromatic ring is 1. The second-order valence-electron chi connectivity index (χ2n) is 5.46. The van der Waals surface area contributed by atoms with Crippen molar-refractivity contribution in [2.24, 2.45) is 0 Å². The fourth-order valence-corrected chi connectivity index (χ4v) is 1.28. The standard InChI is InChI=1S/C11H20N4O2/c1-10(2,3)17-9(16)13-11(4,5)7-6-8(12)15-14-7/h6H,1-5H3,(H,13,16)(H3,12,14,15). The van der Waals surface area contributed by atoms with Crippen molar-refractivity contribution in [2.45, 2.75) is 45.8 Å². The fraction of sp³-hybridized carbons (Fsp3) is 0.636. The number of nitrogens with two attached hydrogens (primary N) is 1. The topological polar surface area (TPSA) is 93.0 Å². The third-order valence-electron chi connectivity index (χ3n) is 2.08. The molecule has 0 aliphatic rings. The van der Waals surface area contributed by atoms with Crippen LogP contribution in [-0.2, 0) is 10.3 Å². The lowest BCUT2D eigenvalue weighted by Gasteiger charge is -2.27. The number of carbonyl (C=O) groups is 1. The first kappa shape index (κ1) is 13.3. The smallest absolute Gasteiger partial charge is 0.408 e. The molecule has 0 bridgehead atoms. The van der Waals surface area contributed by atoms with E-state index in [1.807, 2.05) is 34.6 Å². The molecule has 6 nitrogen and oxygen atoms in total. The van der Waals surface area contributed by atoms with Gasteiger partial charge in [-0.2, -0.15) is 5.10 Å². The van der Waals surface area contributed by atoms with Gasteiger partial charge in [0, 0.05) is 6.07 Å². The molecular weight excluding hydrogens is 220 g/mol. The highest BCUT2D eigenvalue weighted by atomic mass is 16.6. The first-order chi connectivity index (χ1) is 7.60. The summed E-state index contributed by atoms with van der Waals surface area (Å²) in [6.07, 6.45) is -0.476. The van der Waals surface area contributed by atoms with E-state index < -0.39 is 17.2 Å². The van der Waals surface area contributed by atoms with Gasteiger partial charge in [-0.05, 0) is 34.6 Å². The van der Waals surface area contributed by atoms with Gasteiger partial charge >= 0.3 is 6.09 Å². The summed E-state index contributed by atoms with van der Waals surface area (Å²) < 4.78 is 5.19. The molecule has 0 atom stereocenters. The van der Waals surface area contributed by atoms with Crippen molar-refractivity contribution in [2.75, 3.05) is 5.73 Å². The molecule has 4 N–H and O–H groups in total. The van der Waals surface area contributed by atoms with Crippen molar-refractivity contribution in [3.8, 4) is 0 Å². The van der Waals surface area contributed by atoms with Crippen LogP contribution in [-0.4, -0.2) is 21.9 Å². The van der Waals surface area contributed by atoms with Gasteiger partial charge in [0.25, 0.3) is 0 Å². The number of amides is 1. The van der Waals surface area contributed by atoms with Crippen molar-refractivity contribution >= 4 is 11.9 Å². The summed E-state index contributed by atoms with van der Waals surface area (Å²) in [5, 5.41) is 9.35. The number of hydrogen-bond acceptors (Lipinski definition) is 4. The van der Waals surface area contributed by atoms with E-state index in [1.165, 1.54) is 0 Å². The molecule has 0 aliphatic carbocycles. The lowest BCUT2D eigenvalue weighted by Crippen LogP contribution is -2.44. The molecule has 0 fully saturated rings. The van der Waals surface area contributed by atoms with Crippen molar-refractivity contribution in [1.29, 1.82) is 0 Å². The van der Waals surface area contributed by atoms with E-state index in [4.69, 9.17) is 10.5 Å². The number of aromatic amines is 1. The SMILES string of the molecule is CC(C)(C)OC(=O)NC(C)(C)c1cc(N)n[nH]1. The minimum Gasteiger partial charge on any atom is -0.444 e. The summed E-state index contributed by atoms with van der Waals surface area (Å²) in [5.74, 6) is 0.388. The quantitative estimate of drug-likeness (QED) is 0.734. The Balaban J connectivity index is 2.70. The predicted molar refractivity (Wildman–Crippen MR) is 65.4 cm³/mol. The van der Waals surface area contributed by atoms with Crippen LogP contribution in [0.15, 0.2) is 6.07 Å². The van der Waals surface area contributed by atoms with Crippen LogP contribution < -0.4 is 11.1 Å². The number of hydrogen-bond donors (Lipinski definition) is 3. The maximum absolute atomic E-state index is 11.7. The molecule has 0 saturated heterocycles. The molecule has 1 amide bonds. The fourth-order valence-electron chi connectivity index (χ4n) is 1.28. The third kappa shape index (κ3) is 3.97. The number of nitrogens with one attached hydrogen (secondary N) is 2. The maximum Gasteiger partial charge on any atom is 0.408 e. The Labute approximate surface area is 101 Å². The molecule has 1 aromatic rings.